The maximum absolute atomic E-state index is 5.95. The van der Waals surface area contributed by atoms with E-state index in [2.05, 4.69) is 33.6 Å². The summed E-state index contributed by atoms with van der Waals surface area (Å²) >= 11 is 7.56. The van der Waals surface area contributed by atoms with Crippen molar-refractivity contribution in [3.63, 3.8) is 0 Å². The Hall–Kier alpha value is -1.37. The SMILES string of the molecule is CC(C)CNCc1c(-n2cc(Cl)cn2)nc2sccn12. The van der Waals surface area contributed by atoms with Gasteiger partial charge in [-0.15, -0.1) is 11.3 Å². The van der Waals surface area contributed by atoms with Gasteiger partial charge in [-0.1, -0.05) is 25.4 Å². The van der Waals surface area contributed by atoms with E-state index in [9.17, 15) is 0 Å². The van der Waals surface area contributed by atoms with E-state index in [-0.39, 0.29) is 0 Å². The Morgan fingerprint density at radius 1 is 1.45 bits per heavy atom. The molecule has 3 rings (SSSR count). The lowest BCUT2D eigenvalue weighted by atomic mass is 10.2. The topological polar surface area (TPSA) is 47.2 Å². The van der Waals surface area contributed by atoms with Gasteiger partial charge in [0.15, 0.2) is 10.8 Å². The third kappa shape index (κ3) is 2.59. The number of imidazole rings is 1. The second kappa shape index (κ2) is 5.55. The van der Waals surface area contributed by atoms with Crippen LogP contribution in [0.25, 0.3) is 10.8 Å². The molecule has 0 saturated heterocycles. The minimum Gasteiger partial charge on any atom is -0.311 e. The number of nitrogens with zero attached hydrogens (tertiary/aromatic N) is 4. The molecule has 3 aromatic heterocycles. The Morgan fingerprint density at radius 3 is 3.00 bits per heavy atom. The summed E-state index contributed by atoms with van der Waals surface area (Å²) in [6.45, 7) is 6.11. The van der Waals surface area contributed by atoms with Crippen molar-refractivity contribution < 1.29 is 0 Å². The lowest BCUT2D eigenvalue weighted by Crippen LogP contribution is -2.20. The quantitative estimate of drug-likeness (QED) is 0.788. The van der Waals surface area contributed by atoms with Crippen LogP contribution >= 0.6 is 22.9 Å². The van der Waals surface area contributed by atoms with Crippen molar-refractivity contribution in [1.82, 2.24) is 24.5 Å². The molecule has 1 N–H and O–H groups in total. The van der Waals surface area contributed by atoms with E-state index < -0.39 is 0 Å². The third-order valence-electron chi connectivity index (χ3n) is 2.95. The Balaban J connectivity index is 1.96. The summed E-state index contributed by atoms with van der Waals surface area (Å²) in [4.78, 5) is 5.60. The number of thiazole rings is 1. The molecule has 0 aliphatic heterocycles. The van der Waals surface area contributed by atoms with Crippen molar-refractivity contribution in [3.05, 3.63) is 34.7 Å². The van der Waals surface area contributed by atoms with Crippen LogP contribution in [0.15, 0.2) is 24.0 Å². The van der Waals surface area contributed by atoms with Crippen LogP contribution in [-0.4, -0.2) is 25.7 Å². The Labute approximate surface area is 126 Å². The average Bonchev–Trinajstić information content (AvgIpc) is 3.05. The average molecular weight is 310 g/mol. The second-order valence-corrected chi connectivity index (χ2v) is 6.38. The zero-order valence-corrected chi connectivity index (χ0v) is 12.9. The minimum atomic E-state index is 0.613. The van der Waals surface area contributed by atoms with Crippen molar-refractivity contribution in [3.8, 4) is 5.82 Å². The zero-order valence-electron chi connectivity index (χ0n) is 11.4. The first-order valence-corrected chi connectivity index (χ1v) is 7.76. The number of nitrogens with one attached hydrogen (secondary N) is 1. The lowest BCUT2D eigenvalue weighted by Gasteiger charge is -2.08. The first kappa shape index (κ1) is 13.6. The van der Waals surface area contributed by atoms with Crippen LogP contribution in [0, 0.1) is 5.92 Å². The molecule has 0 atom stereocenters. The van der Waals surface area contributed by atoms with Crippen LogP contribution in [-0.2, 0) is 6.54 Å². The number of rotatable bonds is 5. The molecule has 5 nitrogen and oxygen atoms in total. The molecule has 0 amide bonds. The van der Waals surface area contributed by atoms with Crippen LogP contribution in [0.3, 0.4) is 0 Å². The van der Waals surface area contributed by atoms with Crippen molar-refractivity contribution >= 4 is 27.9 Å². The van der Waals surface area contributed by atoms with E-state index in [0.717, 1.165) is 29.6 Å². The highest BCUT2D eigenvalue weighted by atomic mass is 35.5. The fourth-order valence-electron chi connectivity index (χ4n) is 2.06. The number of hydrogen-bond donors (Lipinski definition) is 1. The Kier molecular flexibility index (Phi) is 3.78. The normalized spacial score (nSPS) is 11.8. The molecule has 106 valence electrons. The number of aromatic nitrogens is 4. The van der Waals surface area contributed by atoms with Crippen LogP contribution < -0.4 is 5.32 Å². The van der Waals surface area contributed by atoms with Crippen LogP contribution in [0.2, 0.25) is 5.02 Å². The molecule has 0 unspecified atom stereocenters. The summed E-state index contributed by atoms with van der Waals surface area (Å²) in [5, 5.41) is 10.4. The maximum Gasteiger partial charge on any atom is 0.196 e. The number of halogens is 1. The maximum atomic E-state index is 5.95. The molecule has 0 aromatic carbocycles. The van der Waals surface area contributed by atoms with Gasteiger partial charge >= 0.3 is 0 Å². The van der Waals surface area contributed by atoms with E-state index in [4.69, 9.17) is 11.6 Å². The largest absolute Gasteiger partial charge is 0.311 e. The Bertz CT molecular complexity index is 711. The fraction of sp³-hybridized carbons (Fsp3) is 0.385. The molecule has 0 fully saturated rings. The van der Waals surface area contributed by atoms with E-state index in [1.807, 2.05) is 11.6 Å². The molecular weight excluding hydrogens is 294 g/mol. The highest BCUT2D eigenvalue weighted by Crippen LogP contribution is 2.21. The molecule has 0 saturated carbocycles. The zero-order chi connectivity index (χ0) is 14.1. The van der Waals surface area contributed by atoms with Crippen molar-refractivity contribution in [2.45, 2.75) is 20.4 Å². The fourth-order valence-corrected chi connectivity index (χ4v) is 2.93. The molecule has 0 aliphatic rings. The molecule has 3 heterocycles. The smallest absolute Gasteiger partial charge is 0.196 e. The Morgan fingerprint density at radius 2 is 2.30 bits per heavy atom. The molecule has 0 aliphatic carbocycles. The van der Waals surface area contributed by atoms with E-state index in [0.29, 0.717) is 10.9 Å². The van der Waals surface area contributed by atoms with Crippen LogP contribution in [0.1, 0.15) is 19.5 Å². The number of hydrogen-bond acceptors (Lipinski definition) is 4. The van der Waals surface area contributed by atoms with Crippen molar-refractivity contribution in [2.75, 3.05) is 6.54 Å². The van der Waals surface area contributed by atoms with Gasteiger partial charge in [0.1, 0.15) is 0 Å². The molecule has 0 spiro atoms. The van der Waals surface area contributed by atoms with Gasteiger partial charge < -0.3 is 5.32 Å². The second-order valence-electron chi connectivity index (χ2n) is 5.07. The van der Waals surface area contributed by atoms with Crippen molar-refractivity contribution in [1.29, 1.82) is 0 Å². The highest BCUT2D eigenvalue weighted by molar-refractivity contribution is 7.15. The van der Waals surface area contributed by atoms with Gasteiger partial charge in [-0.2, -0.15) is 10.1 Å². The molecular formula is C13H16ClN5S. The van der Waals surface area contributed by atoms with Crippen LogP contribution in [0.5, 0.6) is 0 Å². The van der Waals surface area contributed by atoms with Gasteiger partial charge in [0.2, 0.25) is 0 Å². The van der Waals surface area contributed by atoms with E-state index in [1.165, 1.54) is 0 Å². The summed E-state index contributed by atoms with van der Waals surface area (Å²) in [5.41, 5.74) is 1.10. The van der Waals surface area contributed by atoms with E-state index in [1.54, 1.807) is 28.4 Å². The predicted molar refractivity (Wildman–Crippen MR) is 81.7 cm³/mol. The van der Waals surface area contributed by atoms with Gasteiger partial charge in [-0.3, -0.25) is 4.40 Å². The van der Waals surface area contributed by atoms with Crippen molar-refractivity contribution in [2.24, 2.45) is 5.92 Å². The molecule has 20 heavy (non-hydrogen) atoms. The monoisotopic (exact) mass is 309 g/mol. The molecule has 7 heteroatoms. The third-order valence-corrected chi connectivity index (χ3v) is 3.90. The van der Waals surface area contributed by atoms with Gasteiger partial charge in [-0.25, -0.2) is 4.68 Å². The molecule has 0 radical (unpaired) electrons. The minimum absolute atomic E-state index is 0.613. The molecule has 0 bridgehead atoms. The number of fused-ring (bicyclic) bond motifs is 1. The van der Waals surface area contributed by atoms with Gasteiger partial charge in [-0.05, 0) is 12.5 Å². The first-order valence-electron chi connectivity index (χ1n) is 6.51. The summed E-state index contributed by atoms with van der Waals surface area (Å²) in [6.07, 6.45) is 5.44. The highest BCUT2D eigenvalue weighted by Gasteiger charge is 2.15. The summed E-state index contributed by atoms with van der Waals surface area (Å²) in [7, 11) is 0. The van der Waals surface area contributed by atoms with Gasteiger partial charge in [0.05, 0.1) is 23.1 Å². The van der Waals surface area contributed by atoms with Crippen LogP contribution in [0.4, 0.5) is 0 Å². The van der Waals surface area contributed by atoms with Gasteiger partial charge in [0, 0.05) is 18.1 Å². The molecule has 3 aromatic rings. The lowest BCUT2D eigenvalue weighted by molar-refractivity contribution is 0.546. The van der Waals surface area contributed by atoms with Gasteiger partial charge in [0.25, 0.3) is 0 Å². The predicted octanol–water partition coefficient (Wildman–Crippen LogP) is 2.98. The first-order chi connectivity index (χ1) is 9.65. The van der Waals surface area contributed by atoms with E-state index >= 15 is 0 Å². The standard InChI is InChI=1S/C13H16ClN5S/c1-9(2)5-15-7-11-12(19-8-10(14)6-16-19)17-13-18(11)3-4-20-13/h3-4,6,8-9,15H,5,7H2,1-2H3. The summed E-state index contributed by atoms with van der Waals surface area (Å²) < 4.78 is 3.83. The summed E-state index contributed by atoms with van der Waals surface area (Å²) in [5.74, 6) is 1.45. The summed E-state index contributed by atoms with van der Waals surface area (Å²) in [6, 6.07) is 0.